The highest BCUT2D eigenvalue weighted by Crippen LogP contribution is 2.48. The number of hydrogen-bond acceptors (Lipinski definition) is 4. The molecule has 226 valence electrons. The maximum Gasteiger partial charge on any atom is 0.161 e. The first-order valence-electron chi connectivity index (χ1n) is 14.7. The number of rotatable bonds is 2. The lowest BCUT2D eigenvalue weighted by atomic mass is 9.75. The van der Waals surface area contributed by atoms with E-state index in [1.807, 2.05) is 38.2 Å². The first kappa shape index (κ1) is 31.9. The Balaban J connectivity index is 0.000000171. The van der Waals surface area contributed by atoms with Crippen molar-refractivity contribution < 1.29 is 9.59 Å². The summed E-state index contributed by atoms with van der Waals surface area (Å²) in [6, 6.07) is 11.3. The van der Waals surface area contributed by atoms with Gasteiger partial charge in [-0.2, -0.15) is 0 Å². The molecule has 0 saturated carbocycles. The van der Waals surface area contributed by atoms with Gasteiger partial charge in [-0.15, -0.1) is 0 Å². The lowest BCUT2D eigenvalue weighted by molar-refractivity contribution is -0.117. The molecule has 0 radical (unpaired) electrons. The smallest absolute Gasteiger partial charge is 0.161 e. The van der Waals surface area contributed by atoms with Crippen LogP contribution in [-0.2, 0) is 9.59 Å². The largest absolute Gasteiger partial charge is 0.362 e. The summed E-state index contributed by atoms with van der Waals surface area (Å²) in [5.41, 5.74) is 10.4. The van der Waals surface area contributed by atoms with Gasteiger partial charge in [-0.25, -0.2) is 0 Å². The molecule has 0 spiro atoms. The van der Waals surface area contributed by atoms with Gasteiger partial charge in [0.15, 0.2) is 11.6 Å². The van der Waals surface area contributed by atoms with Crippen molar-refractivity contribution >= 4 is 58.0 Å². The molecule has 0 fully saturated rings. The van der Waals surface area contributed by atoms with Crippen LogP contribution in [0.3, 0.4) is 0 Å². The van der Waals surface area contributed by atoms with Gasteiger partial charge in [0.2, 0.25) is 0 Å². The van der Waals surface area contributed by atoms with Crippen LogP contribution in [0.25, 0.3) is 0 Å². The predicted octanol–water partition coefficient (Wildman–Crippen LogP) is 10.3. The van der Waals surface area contributed by atoms with E-state index in [1.54, 1.807) is 12.1 Å². The van der Waals surface area contributed by atoms with E-state index in [4.69, 9.17) is 46.4 Å². The van der Waals surface area contributed by atoms with Crippen LogP contribution in [0.4, 0.5) is 0 Å². The molecule has 2 heterocycles. The zero-order valence-electron chi connectivity index (χ0n) is 25.1. The highest BCUT2D eigenvalue weighted by atomic mass is 35.5. The molecule has 2 aliphatic carbocycles. The van der Waals surface area contributed by atoms with Crippen LogP contribution in [0.15, 0.2) is 81.5 Å². The van der Waals surface area contributed by atoms with Crippen LogP contribution in [0, 0.1) is 0 Å². The normalized spacial score (nSPS) is 22.3. The van der Waals surface area contributed by atoms with Crippen molar-refractivity contribution in [2.24, 2.45) is 0 Å². The highest BCUT2D eigenvalue weighted by molar-refractivity contribution is 6.43. The van der Waals surface area contributed by atoms with Gasteiger partial charge < -0.3 is 10.2 Å². The number of hydrogen-bond donors (Lipinski definition) is 1. The molecule has 2 aromatic rings. The predicted molar refractivity (Wildman–Crippen MR) is 178 cm³/mol. The molecule has 0 aromatic heterocycles. The minimum Gasteiger partial charge on any atom is -0.362 e. The summed E-state index contributed by atoms with van der Waals surface area (Å²) in [4.78, 5) is 27.3. The average molecular weight is 658 g/mol. The molecule has 0 bridgehead atoms. The van der Waals surface area contributed by atoms with Gasteiger partial charge in [0.1, 0.15) is 0 Å². The summed E-state index contributed by atoms with van der Waals surface area (Å²) in [7, 11) is 2.04. The van der Waals surface area contributed by atoms with E-state index in [1.165, 1.54) is 11.3 Å². The molecule has 4 nitrogen and oxygen atoms in total. The number of ketones is 2. The minimum atomic E-state index is -0.0831. The Hall–Kier alpha value is -2.50. The Morgan fingerprint density at radius 1 is 0.698 bits per heavy atom. The van der Waals surface area contributed by atoms with Crippen LogP contribution in [-0.4, -0.2) is 23.5 Å². The summed E-state index contributed by atoms with van der Waals surface area (Å²) in [5.74, 6) is 0.295. The zero-order chi connectivity index (χ0) is 31.2. The first-order chi connectivity index (χ1) is 20.4. The molecule has 2 atom stereocenters. The highest BCUT2D eigenvalue weighted by Gasteiger charge is 2.37. The van der Waals surface area contributed by atoms with Gasteiger partial charge in [-0.3, -0.25) is 9.59 Å². The summed E-state index contributed by atoms with van der Waals surface area (Å²) in [5, 5.41) is 5.56. The molecular formula is C35H36Cl4N2O2. The number of dihydropyridines is 1. The van der Waals surface area contributed by atoms with E-state index in [2.05, 4.69) is 31.0 Å². The fraction of sp³-hybridized carbons (Fsp3) is 0.371. The second kappa shape index (κ2) is 12.9. The topological polar surface area (TPSA) is 49.4 Å². The average Bonchev–Trinajstić information content (AvgIpc) is 2.98. The molecule has 0 amide bonds. The summed E-state index contributed by atoms with van der Waals surface area (Å²) >= 11 is 25.2. The molecular weight excluding hydrogens is 622 g/mol. The van der Waals surface area contributed by atoms with Crippen LogP contribution in [0.2, 0.25) is 20.1 Å². The number of halogens is 4. The van der Waals surface area contributed by atoms with E-state index >= 15 is 0 Å². The monoisotopic (exact) mass is 656 g/mol. The summed E-state index contributed by atoms with van der Waals surface area (Å²) < 4.78 is 0. The van der Waals surface area contributed by atoms with Gasteiger partial charge in [0.25, 0.3) is 0 Å². The molecule has 2 aromatic carbocycles. The molecule has 2 aliphatic heterocycles. The second-order valence-electron chi connectivity index (χ2n) is 11.7. The summed E-state index contributed by atoms with van der Waals surface area (Å²) in [6.07, 6.45) is 4.92. The molecule has 4 aliphatic rings. The summed E-state index contributed by atoms with van der Waals surface area (Å²) in [6.45, 7) is 8.28. The minimum absolute atomic E-state index is 0.0785. The van der Waals surface area contributed by atoms with Crippen LogP contribution in [0.1, 0.15) is 89.2 Å². The van der Waals surface area contributed by atoms with Crippen LogP contribution >= 0.6 is 46.4 Å². The van der Waals surface area contributed by atoms with Gasteiger partial charge in [-0.05, 0) is 87.8 Å². The Labute approximate surface area is 274 Å². The van der Waals surface area contributed by atoms with Gasteiger partial charge in [0.05, 0.1) is 20.1 Å². The van der Waals surface area contributed by atoms with Crippen molar-refractivity contribution in [2.75, 3.05) is 7.05 Å². The molecule has 43 heavy (non-hydrogen) atoms. The Morgan fingerprint density at radius 3 is 1.79 bits per heavy atom. The fourth-order valence-corrected chi connectivity index (χ4v) is 7.60. The third kappa shape index (κ3) is 5.84. The van der Waals surface area contributed by atoms with E-state index < -0.39 is 0 Å². The third-order valence-corrected chi connectivity index (χ3v) is 11.0. The Bertz CT molecular complexity index is 1650. The maximum atomic E-state index is 12.6. The number of nitrogens with one attached hydrogen (secondary N) is 1. The second-order valence-corrected chi connectivity index (χ2v) is 13.3. The van der Waals surface area contributed by atoms with Gasteiger partial charge in [-0.1, -0.05) is 70.7 Å². The number of allylic oxidation sites excluding steroid dienone is 8. The lowest BCUT2D eigenvalue weighted by Gasteiger charge is -2.39. The van der Waals surface area contributed by atoms with E-state index in [9.17, 15) is 9.59 Å². The first-order valence-corrected chi connectivity index (χ1v) is 16.2. The fourth-order valence-electron chi connectivity index (χ4n) is 6.77. The van der Waals surface area contributed by atoms with E-state index in [0.717, 1.165) is 70.6 Å². The van der Waals surface area contributed by atoms with Crippen molar-refractivity contribution in [2.45, 2.75) is 78.1 Å². The molecule has 8 heteroatoms. The van der Waals surface area contributed by atoms with Gasteiger partial charge in [0, 0.05) is 65.7 Å². The van der Waals surface area contributed by atoms with Crippen molar-refractivity contribution in [3.05, 3.63) is 113 Å². The number of carbonyl (C=O) groups is 2. The lowest BCUT2D eigenvalue weighted by Crippen LogP contribution is -2.32. The molecule has 1 N–H and O–H groups in total. The molecule has 6 rings (SSSR count). The number of carbonyl (C=O) groups excluding carboxylic acids is 2. The molecule has 2 unspecified atom stereocenters. The number of nitrogens with zero attached hydrogens (tertiary/aromatic N) is 1. The van der Waals surface area contributed by atoms with Crippen molar-refractivity contribution in [3.63, 3.8) is 0 Å². The van der Waals surface area contributed by atoms with Crippen molar-refractivity contribution in [1.82, 2.24) is 10.2 Å². The standard InChI is InChI=1S/C18H19Cl2NO.C17H17Cl2NO/c1-10-11(2)21(3)14-8-5-9-15(22)17(14)16(10)12-6-4-7-13(19)18(12)20;1-9-10(2)20-13-7-4-8-14(21)16(13)15(9)11-5-3-6-12(18)17(11)19/h4,6-7,16H,5,8-9H2,1-3H3;3,5-6,15,20H,4,7-8H2,1-2H3. The van der Waals surface area contributed by atoms with Gasteiger partial charge >= 0.3 is 0 Å². The quantitative estimate of drug-likeness (QED) is 0.349. The SMILES string of the molecule is CC1=C(C)C(c2cccc(Cl)c2Cl)C2=C(CCCC2=O)N1.CC1=C(C)N(C)C2=C(C(=O)CCC2)C1c1cccc(Cl)c1Cl. The third-order valence-electron chi connectivity index (χ3n) is 9.32. The number of Topliss-reactive ketones (excluding diaryl/α,β-unsaturated/α-hetero) is 2. The zero-order valence-corrected chi connectivity index (χ0v) is 28.2. The van der Waals surface area contributed by atoms with Crippen LogP contribution < -0.4 is 5.32 Å². The van der Waals surface area contributed by atoms with E-state index in [0.29, 0.717) is 32.9 Å². The van der Waals surface area contributed by atoms with Crippen molar-refractivity contribution in [1.29, 1.82) is 0 Å². The number of benzene rings is 2. The van der Waals surface area contributed by atoms with Crippen molar-refractivity contribution in [3.8, 4) is 0 Å². The van der Waals surface area contributed by atoms with Crippen LogP contribution in [0.5, 0.6) is 0 Å². The molecule has 0 saturated heterocycles. The van der Waals surface area contributed by atoms with E-state index in [-0.39, 0.29) is 23.4 Å². The Kier molecular flexibility index (Phi) is 9.54. The maximum absolute atomic E-state index is 12.6. The Morgan fingerprint density at radius 2 is 1.21 bits per heavy atom.